The number of pyridine rings is 1. The maximum absolute atomic E-state index is 11.5. The van der Waals surface area contributed by atoms with Crippen LogP contribution in [0, 0.1) is 0 Å². The first-order valence-corrected chi connectivity index (χ1v) is 4.45. The van der Waals surface area contributed by atoms with E-state index in [-0.39, 0.29) is 11.7 Å². The molecule has 0 aliphatic heterocycles. The quantitative estimate of drug-likeness (QED) is 0.643. The lowest BCUT2D eigenvalue weighted by Gasteiger charge is -2.06. The molecule has 70 valence electrons. The van der Waals surface area contributed by atoms with E-state index in [1.807, 2.05) is 13.8 Å². The molecule has 2 radical (unpaired) electrons. The van der Waals surface area contributed by atoms with Crippen LogP contribution in [0.25, 0.3) is 11.2 Å². The van der Waals surface area contributed by atoms with Crippen molar-refractivity contribution in [3.05, 3.63) is 22.7 Å². The molecular weight excluding hydrogens is 177 g/mol. The lowest BCUT2D eigenvalue weighted by molar-refractivity contribution is 0.598. The molecule has 0 atom stereocenters. The van der Waals surface area contributed by atoms with E-state index in [0.717, 1.165) is 5.52 Å². The van der Waals surface area contributed by atoms with Crippen molar-refractivity contribution < 1.29 is 0 Å². The summed E-state index contributed by atoms with van der Waals surface area (Å²) in [4.78, 5) is 18.2. The van der Waals surface area contributed by atoms with Crippen LogP contribution in [-0.4, -0.2) is 22.4 Å². The number of imidazole rings is 1. The van der Waals surface area contributed by atoms with Gasteiger partial charge in [0.1, 0.15) is 7.85 Å². The summed E-state index contributed by atoms with van der Waals surface area (Å²) in [6.07, 6.45) is 1.53. The second-order valence-electron chi connectivity index (χ2n) is 3.53. The number of hydrogen-bond acceptors (Lipinski definition) is 2. The fourth-order valence-corrected chi connectivity index (χ4v) is 1.53. The van der Waals surface area contributed by atoms with Gasteiger partial charge in [-0.15, -0.1) is 0 Å². The molecule has 0 unspecified atom stereocenters. The minimum Gasteiger partial charge on any atom is -0.290 e. The zero-order valence-corrected chi connectivity index (χ0v) is 8.11. The number of hydrogen-bond donors (Lipinski definition) is 1. The Balaban J connectivity index is 2.86. The van der Waals surface area contributed by atoms with Crippen molar-refractivity contribution in [1.82, 2.24) is 14.5 Å². The molecule has 2 aromatic heterocycles. The molecule has 5 heteroatoms. The average Bonchev–Trinajstić information content (AvgIpc) is 2.40. The Hall–Kier alpha value is -1.52. The largest absolute Gasteiger partial charge is 0.327 e. The van der Waals surface area contributed by atoms with Gasteiger partial charge in [-0.2, -0.15) is 0 Å². The molecule has 0 aromatic carbocycles. The first-order chi connectivity index (χ1) is 6.59. The normalized spacial score (nSPS) is 11.4. The standard InChI is InChI=1S/C9H10BN3O/c1-5(2)13-7-3-6(10)4-11-8(7)12-9(13)14/h3-5H,1-2H3,(H,11,12,14). The lowest BCUT2D eigenvalue weighted by atomic mass is 9.99. The SMILES string of the molecule is [B]c1cnc2[nH]c(=O)n(C(C)C)c2c1. The van der Waals surface area contributed by atoms with Gasteiger partial charge in [0.2, 0.25) is 0 Å². The van der Waals surface area contributed by atoms with Crippen molar-refractivity contribution in [3.8, 4) is 0 Å². The highest BCUT2D eigenvalue weighted by Gasteiger charge is 2.09. The molecule has 4 nitrogen and oxygen atoms in total. The molecule has 2 heterocycles. The topological polar surface area (TPSA) is 50.7 Å². The number of aromatic amines is 1. The van der Waals surface area contributed by atoms with E-state index < -0.39 is 0 Å². The van der Waals surface area contributed by atoms with E-state index in [4.69, 9.17) is 7.85 Å². The van der Waals surface area contributed by atoms with Crippen LogP contribution < -0.4 is 11.2 Å². The monoisotopic (exact) mass is 187 g/mol. The average molecular weight is 187 g/mol. The molecule has 2 rings (SSSR count). The van der Waals surface area contributed by atoms with Crippen LogP contribution in [0.2, 0.25) is 0 Å². The maximum atomic E-state index is 11.5. The highest BCUT2D eigenvalue weighted by atomic mass is 16.1. The van der Waals surface area contributed by atoms with Crippen molar-refractivity contribution in [2.24, 2.45) is 0 Å². The van der Waals surface area contributed by atoms with Gasteiger partial charge in [0, 0.05) is 12.2 Å². The van der Waals surface area contributed by atoms with Gasteiger partial charge in [0.05, 0.1) is 5.52 Å². The van der Waals surface area contributed by atoms with Crippen LogP contribution in [-0.2, 0) is 0 Å². The summed E-state index contributed by atoms with van der Waals surface area (Å²) in [6, 6.07) is 1.85. The first-order valence-electron chi connectivity index (χ1n) is 4.45. The van der Waals surface area contributed by atoms with Gasteiger partial charge in [0.15, 0.2) is 5.65 Å². The summed E-state index contributed by atoms with van der Waals surface area (Å²) in [6.45, 7) is 3.88. The summed E-state index contributed by atoms with van der Waals surface area (Å²) >= 11 is 0. The minimum atomic E-state index is -0.145. The van der Waals surface area contributed by atoms with Crippen molar-refractivity contribution in [2.45, 2.75) is 19.9 Å². The van der Waals surface area contributed by atoms with Crippen LogP contribution in [0.4, 0.5) is 0 Å². The second kappa shape index (κ2) is 3.01. The fourth-order valence-electron chi connectivity index (χ4n) is 1.53. The van der Waals surface area contributed by atoms with Crippen molar-refractivity contribution in [1.29, 1.82) is 0 Å². The summed E-state index contributed by atoms with van der Waals surface area (Å²) in [5.41, 5.74) is 1.75. The Morgan fingerprint density at radius 2 is 2.29 bits per heavy atom. The van der Waals surface area contributed by atoms with E-state index in [2.05, 4.69) is 9.97 Å². The highest BCUT2D eigenvalue weighted by Crippen LogP contribution is 2.10. The molecule has 0 aliphatic carbocycles. The second-order valence-corrected chi connectivity index (χ2v) is 3.53. The Bertz CT molecular complexity index is 526. The van der Waals surface area contributed by atoms with Crippen molar-refractivity contribution in [2.75, 3.05) is 0 Å². The molecule has 0 amide bonds. The zero-order valence-electron chi connectivity index (χ0n) is 8.11. The van der Waals surface area contributed by atoms with E-state index in [0.29, 0.717) is 11.1 Å². The Labute approximate surface area is 82.4 Å². The molecule has 0 aliphatic rings. The summed E-state index contributed by atoms with van der Waals surface area (Å²) in [5, 5.41) is 0. The number of aromatic nitrogens is 3. The minimum absolute atomic E-state index is 0.0971. The number of nitrogens with one attached hydrogen (secondary N) is 1. The number of nitrogens with zero attached hydrogens (tertiary/aromatic N) is 2. The fraction of sp³-hybridized carbons (Fsp3) is 0.333. The molecule has 0 saturated carbocycles. The third-order valence-corrected chi connectivity index (χ3v) is 2.11. The smallest absolute Gasteiger partial charge is 0.290 e. The number of rotatable bonds is 1. The van der Waals surface area contributed by atoms with Crippen LogP contribution in [0.5, 0.6) is 0 Å². The molecule has 14 heavy (non-hydrogen) atoms. The molecule has 0 spiro atoms. The molecule has 0 bridgehead atoms. The van der Waals surface area contributed by atoms with Gasteiger partial charge in [-0.1, -0.05) is 5.46 Å². The summed E-state index contributed by atoms with van der Waals surface area (Å²) in [7, 11) is 5.61. The Morgan fingerprint density at radius 1 is 1.57 bits per heavy atom. The molecule has 0 saturated heterocycles. The Kier molecular flexibility index (Phi) is 1.95. The predicted molar refractivity (Wildman–Crippen MR) is 56.1 cm³/mol. The summed E-state index contributed by atoms with van der Waals surface area (Å²) in [5.74, 6) is 0. The van der Waals surface area contributed by atoms with Crippen LogP contribution in [0.1, 0.15) is 19.9 Å². The van der Waals surface area contributed by atoms with E-state index in [1.165, 1.54) is 6.20 Å². The van der Waals surface area contributed by atoms with Gasteiger partial charge >= 0.3 is 5.69 Å². The molecule has 2 aromatic rings. The van der Waals surface area contributed by atoms with E-state index in [9.17, 15) is 4.79 Å². The highest BCUT2D eigenvalue weighted by molar-refractivity contribution is 6.32. The van der Waals surface area contributed by atoms with E-state index in [1.54, 1.807) is 10.6 Å². The van der Waals surface area contributed by atoms with E-state index >= 15 is 0 Å². The van der Waals surface area contributed by atoms with Crippen LogP contribution in [0.3, 0.4) is 0 Å². The maximum Gasteiger partial charge on any atom is 0.327 e. The predicted octanol–water partition coefficient (Wildman–Crippen LogP) is 0.0993. The molecule has 1 N–H and O–H groups in total. The molecular formula is C9H10BN3O. The lowest BCUT2D eigenvalue weighted by Crippen LogP contribution is -2.18. The van der Waals surface area contributed by atoms with Crippen LogP contribution in [0.15, 0.2) is 17.1 Å². The first kappa shape index (κ1) is 9.06. The van der Waals surface area contributed by atoms with Gasteiger partial charge in [-0.05, 0) is 19.9 Å². The van der Waals surface area contributed by atoms with Crippen LogP contribution >= 0.6 is 0 Å². The number of H-pyrrole nitrogens is 1. The van der Waals surface area contributed by atoms with Gasteiger partial charge in [0.25, 0.3) is 0 Å². The third-order valence-electron chi connectivity index (χ3n) is 2.11. The van der Waals surface area contributed by atoms with Crippen molar-refractivity contribution >= 4 is 24.5 Å². The summed E-state index contributed by atoms with van der Waals surface area (Å²) < 4.78 is 1.64. The van der Waals surface area contributed by atoms with Crippen molar-refractivity contribution in [3.63, 3.8) is 0 Å². The van der Waals surface area contributed by atoms with Gasteiger partial charge in [-0.3, -0.25) is 9.55 Å². The zero-order chi connectivity index (χ0) is 10.3. The third kappa shape index (κ3) is 1.25. The van der Waals surface area contributed by atoms with Gasteiger partial charge in [-0.25, -0.2) is 9.78 Å². The number of fused-ring (bicyclic) bond motifs is 1. The Morgan fingerprint density at radius 3 is 2.93 bits per heavy atom. The molecule has 0 fully saturated rings. The van der Waals surface area contributed by atoms with Gasteiger partial charge < -0.3 is 0 Å².